The van der Waals surface area contributed by atoms with Crippen molar-refractivity contribution >= 4 is 0 Å². The van der Waals surface area contributed by atoms with Gasteiger partial charge in [0.1, 0.15) is 0 Å². The summed E-state index contributed by atoms with van der Waals surface area (Å²) >= 11 is 0. The van der Waals surface area contributed by atoms with Crippen LogP contribution >= 0.6 is 0 Å². The highest BCUT2D eigenvalue weighted by Crippen LogP contribution is 2.13. The fourth-order valence-electron chi connectivity index (χ4n) is 4.43. The monoisotopic (exact) mass is 436 g/mol. The number of nitrogens with two attached hydrogens (primary N) is 1. The molecular formula is C29H60N2. The van der Waals surface area contributed by atoms with Crippen LogP contribution in [-0.4, -0.2) is 24.5 Å². The Bertz CT molecular complexity index is 314. The van der Waals surface area contributed by atoms with Gasteiger partial charge in [0.25, 0.3) is 0 Å². The number of unbranched alkanes of at least 4 members (excludes halogenated alkanes) is 20. The molecule has 0 aromatic carbocycles. The lowest BCUT2D eigenvalue weighted by atomic mass is 10.1. The van der Waals surface area contributed by atoms with Crippen LogP contribution in [0.4, 0.5) is 0 Å². The molecule has 0 amide bonds. The zero-order chi connectivity index (χ0) is 22.7. The molecule has 0 heterocycles. The van der Waals surface area contributed by atoms with Crippen LogP contribution < -0.4 is 5.73 Å². The van der Waals surface area contributed by atoms with Crippen molar-refractivity contribution in [3.8, 4) is 0 Å². The van der Waals surface area contributed by atoms with Crippen LogP contribution in [0.5, 0.6) is 0 Å². The van der Waals surface area contributed by atoms with Gasteiger partial charge in [0, 0.05) is 19.6 Å². The SMILES string of the molecule is CCCCCCCCCCCCCN(C=CCN)CCCCCCCCCCCCC. The van der Waals surface area contributed by atoms with Crippen LogP contribution in [0.3, 0.4) is 0 Å². The molecule has 0 aliphatic heterocycles. The average molecular weight is 437 g/mol. The van der Waals surface area contributed by atoms with Crippen LogP contribution in [0.1, 0.15) is 155 Å². The first kappa shape index (κ1) is 30.5. The van der Waals surface area contributed by atoms with Crippen molar-refractivity contribution in [3.05, 3.63) is 12.3 Å². The quantitative estimate of drug-likeness (QED) is 0.137. The first-order chi connectivity index (χ1) is 15.3. The van der Waals surface area contributed by atoms with Crippen molar-refractivity contribution in [1.82, 2.24) is 4.90 Å². The van der Waals surface area contributed by atoms with Gasteiger partial charge < -0.3 is 10.6 Å². The van der Waals surface area contributed by atoms with Gasteiger partial charge in [0.05, 0.1) is 0 Å². The van der Waals surface area contributed by atoms with Crippen molar-refractivity contribution in [2.75, 3.05) is 19.6 Å². The second kappa shape index (κ2) is 27.5. The topological polar surface area (TPSA) is 29.3 Å². The maximum Gasteiger partial charge on any atom is 0.0172 e. The van der Waals surface area contributed by atoms with Gasteiger partial charge >= 0.3 is 0 Å². The smallest absolute Gasteiger partial charge is 0.0172 e. The summed E-state index contributed by atoms with van der Waals surface area (Å²) in [4.78, 5) is 2.52. The Balaban J connectivity index is 3.54. The van der Waals surface area contributed by atoms with Gasteiger partial charge in [0.2, 0.25) is 0 Å². The lowest BCUT2D eigenvalue weighted by Gasteiger charge is -2.20. The molecule has 0 aromatic heterocycles. The maximum atomic E-state index is 5.69. The third-order valence-electron chi connectivity index (χ3n) is 6.55. The molecule has 31 heavy (non-hydrogen) atoms. The Kier molecular flexibility index (Phi) is 27.1. The fourth-order valence-corrected chi connectivity index (χ4v) is 4.43. The highest BCUT2D eigenvalue weighted by molar-refractivity contribution is 4.83. The Morgan fingerprint density at radius 3 is 1.03 bits per heavy atom. The van der Waals surface area contributed by atoms with Crippen molar-refractivity contribution in [2.24, 2.45) is 5.73 Å². The summed E-state index contributed by atoms with van der Waals surface area (Å²) in [6, 6.07) is 0. The minimum absolute atomic E-state index is 0.660. The molecule has 0 atom stereocenters. The predicted molar refractivity (Wildman–Crippen MR) is 143 cm³/mol. The first-order valence-corrected chi connectivity index (χ1v) is 14.5. The zero-order valence-corrected chi connectivity index (χ0v) is 21.9. The molecule has 0 radical (unpaired) electrons. The highest BCUT2D eigenvalue weighted by Gasteiger charge is 2.00. The summed E-state index contributed by atoms with van der Waals surface area (Å²) in [6.07, 6.45) is 35.6. The van der Waals surface area contributed by atoms with E-state index in [0.717, 1.165) is 0 Å². The van der Waals surface area contributed by atoms with Crippen LogP contribution in [-0.2, 0) is 0 Å². The molecule has 2 heteroatoms. The Labute approximate surface area is 197 Å². The van der Waals surface area contributed by atoms with Crippen LogP contribution in [0.15, 0.2) is 12.3 Å². The summed E-state index contributed by atoms with van der Waals surface area (Å²) in [5.74, 6) is 0. The molecule has 0 saturated carbocycles. The number of rotatable bonds is 26. The van der Waals surface area contributed by atoms with E-state index < -0.39 is 0 Å². The number of nitrogens with zero attached hydrogens (tertiary/aromatic N) is 1. The highest BCUT2D eigenvalue weighted by atomic mass is 15.1. The molecule has 186 valence electrons. The van der Waals surface area contributed by atoms with Gasteiger partial charge in [-0.3, -0.25) is 0 Å². The van der Waals surface area contributed by atoms with E-state index >= 15 is 0 Å². The molecule has 0 bridgehead atoms. The molecule has 0 unspecified atom stereocenters. The van der Waals surface area contributed by atoms with Crippen molar-refractivity contribution in [1.29, 1.82) is 0 Å². The normalized spacial score (nSPS) is 11.6. The molecule has 0 aliphatic carbocycles. The summed E-state index contributed by atoms with van der Waals surface area (Å²) in [6.45, 7) is 7.68. The fraction of sp³-hybridized carbons (Fsp3) is 0.931. The van der Waals surface area contributed by atoms with E-state index in [-0.39, 0.29) is 0 Å². The van der Waals surface area contributed by atoms with Gasteiger partial charge in [-0.25, -0.2) is 0 Å². The van der Waals surface area contributed by atoms with E-state index in [1.165, 1.54) is 154 Å². The third-order valence-corrected chi connectivity index (χ3v) is 6.55. The molecule has 2 N–H and O–H groups in total. The number of hydrogen-bond donors (Lipinski definition) is 1. The van der Waals surface area contributed by atoms with E-state index in [1.807, 2.05) is 0 Å². The molecule has 0 saturated heterocycles. The lowest BCUT2D eigenvalue weighted by molar-refractivity contribution is 0.348. The van der Waals surface area contributed by atoms with Crippen molar-refractivity contribution < 1.29 is 0 Å². The molecule has 0 aliphatic rings. The molecule has 0 fully saturated rings. The molecule has 0 rings (SSSR count). The third kappa shape index (κ3) is 25.6. The molecular weight excluding hydrogens is 376 g/mol. The Hall–Kier alpha value is -0.500. The van der Waals surface area contributed by atoms with E-state index in [2.05, 4.69) is 31.0 Å². The Morgan fingerprint density at radius 2 is 0.742 bits per heavy atom. The largest absolute Gasteiger partial charge is 0.378 e. The summed E-state index contributed by atoms with van der Waals surface area (Å²) in [5, 5.41) is 0. The van der Waals surface area contributed by atoms with Crippen molar-refractivity contribution in [3.63, 3.8) is 0 Å². The second-order valence-electron chi connectivity index (χ2n) is 9.73. The van der Waals surface area contributed by atoms with Gasteiger partial charge in [-0.1, -0.05) is 148 Å². The average Bonchev–Trinajstić information content (AvgIpc) is 2.78. The van der Waals surface area contributed by atoms with Crippen LogP contribution in [0.2, 0.25) is 0 Å². The molecule has 0 spiro atoms. The second-order valence-corrected chi connectivity index (χ2v) is 9.73. The molecule has 2 nitrogen and oxygen atoms in total. The first-order valence-electron chi connectivity index (χ1n) is 14.5. The summed E-state index contributed by atoms with van der Waals surface area (Å²) < 4.78 is 0. The Morgan fingerprint density at radius 1 is 0.452 bits per heavy atom. The standard InChI is InChI=1S/C29H60N2/c1-3-5-7-9-11-13-15-17-19-21-23-27-31(29-25-26-30)28-24-22-20-18-16-14-12-10-8-6-4-2/h25,29H,3-24,26-28,30H2,1-2H3. The van der Waals surface area contributed by atoms with Crippen LogP contribution in [0.25, 0.3) is 0 Å². The zero-order valence-electron chi connectivity index (χ0n) is 21.9. The lowest BCUT2D eigenvalue weighted by Crippen LogP contribution is -2.20. The maximum absolute atomic E-state index is 5.69. The van der Waals surface area contributed by atoms with E-state index in [0.29, 0.717) is 6.54 Å². The summed E-state index contributed by atoms with van der Waals surface area (Å²) in [7, 11) is 0. The van der Waals surface area contributed by atoms with Gasteiger partial charge in [-0.15, -0.1) is 0 Å². The minimum Gasteiger partial charge on any atom is -0.378 e. The summed E-state index contributed by atoms with van der Waals surface area (Å²) in [5.41, 5.74) is 5.69. The van der Waals surface area contributed by atoms with Gasteiger partial charge in [-0.2, -0.15) is 0 Å². The van der Waals surface area contributed by atoms with Crippen molar-refractivity contribution in [2.45, 2.75) is 155 Å². The van der Waals surface area contributed by atoms with Gasteiger partial charge in [-0.05, 0) is 19.0 Å². The van der Waals surface area contributed by atoms with Gasteiger partial charge in [0.15, 0.2) is 0 Å². The van der Waals surface area contributed by atoms with Crippen LogP contribution in [0, 0.1) is 0 Å². The minimum atomic E-state index is 0.660. The predicted octanol–water partition coefficient (Wildman–Crippen LogP) is 9.38. The number of hydrogen-bond acceptors (Lipinski definition) is 2. The van der Waals surface area contributed by atoms with E-state index in [4.69, 9.17) is 5.73 Å². The van der Waals surface area contributed by atoms with E-state index in [1.54, 1.807) is 0 Å². The van der Waals surface area contributed by atoms with E-state index in [9.17, 15) is 0 Å². The molecule has 0 aromatic rings.